The molecule has 5 heteroatoms. The van der Waals surface area contributed by atoms with E-state index < -0.39 is 0 Å². The van der Waals surface area contributed by atoms with E-state index in [1.807, 2.05) is 0 Å². The largest absolute Gasteiger partial charge is 0.383 e. The highest BCUT2D eigenvalue weighted by Gasteiger charge is 2.09. The quantitative estimate of drug-likeness (QED) is 0.525. The molecule has 0 aliphatic heterocycles. The van der Waals surface area contributed by atoms with Gasteiger partial charge >= 0.3 is 0 Å². The molecule has 0 aliphatic carbocycles. The number of halogens is 1. The van der Waals surface area contributed by atoms with E-state index in [-0.39, 0.29) is 11.9 Å². The van der Waals surface area contributed by atoms with Crippen molar-refractivity contribution in [3.05, 3.63) is 29.8 Å². The van der Waals surface area contributed by atoms with Crippen LogP contribution in [0.15, 0.2) is 18.3 Å². The summed E-state index contributed by atoms with van der Waals surface area (Å²) in [6.07, 6.45) is 1.15. The fourth-order valence-corrected chi connectivity index (χ4v) is 0.979. The minimum Gasteiger partial charge on any atom is -0.383 e. The lowest BCUT2D eigenvalue weighted by Crippen LogP contribution is -2.31. The maximum absolute atomic E-state index is 12.5. The maximum atomic E-state index is 12.5. The van der Waals surface area contributed by atoms with Crippen molar-refractivity contribution in [1.29, 1.82) is 0 Å². The number of hydrogen-bond acceptors (Lipinski definition) is 4. The number of hydrogen-bond donors (Lipinski definition) is 2. The van der Waals surface area contributed by atoms with Gasteiger partial charge < -0.3 is 4.74 Å². The van der Waals surface area contributed by atoms with Crippen molar-refractivity contribution in [3.63, 3.8) is 0 Å². The zero-order valence-corrected chi connectivity index (χ0v) is 7.33. The summed E-state index contributed by atoms with van der Waals surface area (Å²) in [6.45, 7) is 0.398. The number of hydrazine groups is 1. The molecule has 13 heavy (non-hydrogen) atoms. The molecule has 1 aromatic heterocycles. The summed E-state index contributed by atoms with van der Waals surface area (Å²) in [5, 5.41) is 0. The van der Waals surface area contributed by atoms with Crippen LogP contribution in [0.5, 0.6) is 0 Å². The molecule has 0 aliphatic rings. The number of pyridine rings is 1. The molecule has 4 nitrogen and oxygen atoms in total. The summed E-state index contributed by atoms with van der Waals surface area (Å²) in [7, 11) is 1.56. The van der Waals surface area contributed by atoms with Crippen LogP contribution in [0.4, 0.5) is 4.39 Å². The van der Waals surface area contributed by atoms with Crippen molar-refractivity contribution >= 4 is 0 Å². The molecule has 1 unspecified atom stereocenters. The van der Waals surface area contributed by atoms with Crippen molar-refractivity contribution in [3.8, 4) is 0 Å². The molecule has 0 saturated carbocycles. The number of nitrogens with one attached hydrogen (secondary N) is 1. The predicted molar refractivity (Wildman–Crippen MR) is 46.1 cm³/mol. The second-order valence-electron chi connectivity index (χ2n) is 2.58. The minimum absolute atomic E-state index is 0.203. The van der Waals surface area contributed by atoms with Gasteiger partial charge in [0.15, 0.2) is 0 Å². The number of rotatable bonds is 4. The predicted octanol–water partition coefficient (Wildman–Crippen LogP) is 0.371. The van der Waals surface area contributed by atoms with E-state index in [0.717, 1.165) is 6.20 Å². The fourth-order valence-electron chi connectivity index (χ4n) is 0.979. The van der Waals surface area contributed by atoms with Gasteiger partial charge in [0.25, 0.3) is 0 Å². The molecule has 1 atom stereocenters. The van der Waals surface area contributed by atoms with Gasteiger partial charge in [-0.2, -0.15) is 0 Å². The summed E-state index contributed by atoms with van der Waals surface area (Å²) >= 11 is 0. The number of methoxy groups -OCH3 is 1. The molecule has 1 aromatic rings. The van der Waals surface area contributed by atoms with E-state index in [4.69, 9.17) is 10.6 Å². The van der Waals surface area contributed by atoms with Gasteiger partial charge in [0.05, 0.1) is 24.5 Å². The Balaban J connectivity index is 2.73. The van der Waals surface area contributed by atoms with Gasteiger partial charge in [0.1, 0.15) is 5.82 Å². The van der Waals surface area contributed by atoms with Gasteiger partial charge in [0, 0.05) is 7.11 Å². The van der Waals surface area contributed by atoms with Crippen molar-refractivity contribution in [2.24, 2.45) is 5.84 Å². The normalized spacial score (nSPS) is 12.8. The SMILES string of the molecule is COCC(NN)c1ccc(F)cn1. The first-order valence-electron chi connectivity index (χ1n) is 3.84. The van der Waals surface area contributed by atoms with E-state index in [0.29, 0.717) is 12.3 Å². The van der Waals surface area contributed by atoms with Crippen molar-refractivity contribution in [1.82, 2.24) is 10.4 Å². The summed E-state index contributed by atoms with van der Waals surface area (Å²) in [4.78, 5) is 3.87. The van der Waals surface area contributed by atoms with Crippen LogP contribution >= 0.6 is 0 Å². The van der Waals surface area contributed by atoms with E-state index in [1.54, 1.807) is 13.2 Å². The Morgan fingerprint density at radius 1 is 1.69 bits per heavy atom. The van der Waals surface area contributed by atoms with Gasteiger partial charge in [-0.25, -0.2) is 9.82 Å². The minimum atomic E-state index is -0.364. The van der Waals surface area contributed by atoms with Gasteiger partial charge in [0.2, 0.25) is 0 Å². The molecular weight excluding hydrogens is 173 g/mol. The van der Waals surface area contributed by atoms with Crippen LogP contribution in [-0.4, -0.2) is 18.7 Å². The molecule has 72 valence electrons. The second-order valence-corrected chi connectivity index (χ2v) is 2.58. The molecule has 1 rings (SSSR count). The zero-order valence-electron chi connectivity index (χ0n) is 7.33. The van der Waals surface area contributed by atoms with Gasteiger partial charge in [-0.05, 0) is 12.1 Å². The van der Waals surface area contributed by atoms with Gasteiger partial charge in [-0.3, -0.25) is 10.8 Å². The summed E-state index contributed by atoms with van der Waals surface area (Å²) < 4.78 is 17.4. The molecule has 0 radical (unpaired) electrons. The Hall–Kier alpha value is -1.04. The molecule has 0 amide bonds. The Bertz CT molecular complexity index is 252. The molecule has 0 aromatic carbocycles. The van der Waals surface area contributed by atoms with Crippen LogP contribution in [0.25, 0.3) is 0 Å². The third-order valence-corrected chi connectivity index (χ3v) is 1.64. The third kappa shape index (κ3) is 2.73. The smallest absolute Gasteiger partial charge is 0.141 e. The Kier molecular flexibility index (Phi) is 3.75. The fraction of sp³-hybridized carbons (Fsp3) is 0.375. The van der Waals surface area contributed by atoms with E-state index in [9.17, 15) is 4.39 Å². The molecule has 1 heterocycles. The lowest BCUT2D eigenvalue weighted by Gasteiger charge is -2.13. The molecule has 0 spiro atoms. The average molecular weight is 185 g/mol. The van der Waals surface area contributed by atoms with Crippen LogP contribution in [0, 0.1) is 5.82 Å². The highest BCUT2D eigenvalue weighted by Crippen LogP contribution is 2.09. The number of aromatic nitrogens is 1. The van der Waals surface area contributed by atoms with E-state index in [2.05, 4.69) is 10.4 Å². The lowest BCUT2D eigenvalue weighted by atomic mass is 10.2. The van der Waals surface area contributed by atoms with Crippen LogP contribution < -0.4 is 11.3 Å². The maximum Gasteiger partial charge on any atom is 0.141 e. The first-order valence-corrected chi connectivity index (χ1v) is 3.84. The Morgan fingerprint density at radius 2 is 2.46 bits per heavy atom. The number of nitrogens with two attached hydrogens (primary N) is 1. The summed E-state index contributed by atoms with van der Waals surface area (Å²) in [5.41, 5.74) is 3.19. The second kappa shape index (κ2) is 4.86. The average Bonchev–Trinajstić information content (AvgIpc) is 2.16. The van der Waals surface area contributed by atoms with Crippen molar-refractivity contribution in [2.45, 2.75) is 6.04 Å². The molecule has 0 bridgehead atoms. The Labute approximate surface area is 75.9 Å². The molecule has 0 fully saturated rings. The van der Waals surface area contributed by atoms with Crippen LogP contribution in [0.3, 0.4) is 0 Å². The first kappa shape index (κ1) is 10.0. The third-order valence-electron chi connectivity index (χ3n) is 1.64. The highest BCUT2D eigenvalue weighted by molar-refractivity contribution is 5.09. The van der Waals surface area contributed by atoms with Crippen LogP contribution in [0.1, 0.15) is 11.7 Å². The molecule has 0 saturated heterocycles. The summed E-state index contributed by atoms with van der Waals surface area (Å²) in [6, 6.07) is 2.70. The first-order chi connectivity index (χ1) is 6.27. The lowest BCUT2D eigenvalue weighted by molar-refractivity contribution is 0.165. The summed E-state index contributed by atoms with van der Waals surface area (Å²) in [5.74, 6) is 4.90. The van der Waals surface area contributed by atoms with Crippen molar-refractivity contribution in [2.75, 3.05) is 13.7 Å². The number of nitrogens with zero attached hydrogens (tertiary/aromatic N) is 1. The topological polar surface area (TPSA) is 60.2 Å². The van der Waals surface area contributed by atoms with Crippen LogP contribution in [-0.2, 0) is 4.74 Å². The van der Waals surface area contributed by atoms with Gasteiger partial charge in [-0.1, -0.05) is 0 Å². The van der Waals surface area contributed by atoms with E-state index in [1.165, 1.54) is 6.07 Å². The molecule has 3 N–H and O–H groups in total. The highest BCUT2D eigenvalue weighted by atomic mass is 19.1. The zero-order chi connectivity index (χ0) is 9.68. The van der Waals surface area contributed by atoms with Crippen molar-refractivity contribution < 1.29 is 9.13 Å². The van der Waals surface area contributed by atoms with Gasteiger partial charge in [-0.15, -0.1) is 0 Å². The Morgan fingerprint density at radius 3 is 2.92 bits per heavy atom. The standard InChI is InChI=1S/C8H12FN3O/c1-13-5-8(12-10)7-3-2-6(9)4-11-7/h2-4,8,12H,5,10H2,1H3. The molecular formula is C8H12FN3O. The number of ether oxygens (including phenoxy) is 1. The monoisotopic (exact) mass is 185 g/mol. The van der Waals surface area contributed by atoms with E-state index >= 15 is 0 Å². The van der Waals surface area contributed by atoms with Crippen LogP contribution in [0.2, 0.25) is 0 Å².